The second-order valence-corrected chi connectivity index (χ2v) is 8.11. The molecule has 0 spiro atoms. The Kier molecular flexibility index (Phi) is 4.22. The molecule has 0 saturated heterocycles. The predicted molar refractivity (Wildman–Crippen MR) is 112 cm³/mol. The van der Waals surface area contributed by atoms with E-state index in [0.29, 0.717) is 29.9 Å². The molecular weight excluding hydrogens is 392 g/mol. The number of aromatic nitrogens is 7. The molecule has 2 N–H and O–H groups in total. The van der Waals surface area contributed by atoms with E-state index in [4.69, 9.17) is 16.0 Å². The Labute approximate surface area is 178 Å². The van der Waals surface area contributed by atoms with Crippen LogP contribution >= 0.6 is 0 Å². The number of hydrogen-bond acceptors (Lipinski definition) is 7. The van der Waals surface area contributed by atoms with Gasteiger partial charge in [-0.05, 0) is 24.8 Å². The van der Waals surface area contributed by atoms with Crippen LogP contribution in [0.5, 0.6) is 0 Å². The Bertz CT molecular complexity index is 1350. The fourth-order valence-electron chi connectivity index (χ4n) is 4.48. The Hall–Kier alpha value is -4.18. The van der Waals surface area contributed by atoms with Crippen molar-refractivity contribution in [3.05, 3.63) is 37.1 Å². The third-order valence-corrected chi connectivity index (χ3v) is 6.00. The molecule has 10 heteroatoms. The van der Waals surface area contributed by atoms with Gasteiger partial charge in [0.2, 0.25) is 0 Å². The summed E-state index contributed by atoms with van der Waals surface area (Å²) in [6.45, 7) is 0. The summed E-state index contributed by atoms with van der Waals surface area (Å²) < 4.78 is 5.29. The highest BCUT2D eigenvalue weighted by Gasteiger charge is 2.46. The number of nitrogen functional groups attached to an aromatic ring is 1. The molecule has 0 radical (unpaired) electrons. The van der Waals surface area contributed by atoms with E-state index in [9.17, 15) is 5.26 Å². The molecule has 4 aromatic rings. The first-order valence-electron chi connectivity index (χ1n) is 9.96. The Morgan fingerprint density at radius 2 is 2.03 bits per heavy atom. The van der Waals surface area contributed by atoms with E-state index in [1.807, 2.05) is 31.7 Å². The van der Waals surface area contributed by atoms with E-state index in [2.05, 4.69) is 27.4 Å². The number of fused-ring (bicyclic) bond motifs is 1. The average molecular weight is 412 g/mol. The molecule has 5 rings (SSSR count). The van der Waals surface area contributed by atoms with Gasteiger partial charge in [-0.25, -0.2) is 9.50 Å². The largest absolute Gasteiger partial charge is 0.382 e. The summed E-state index contributed by atoms with van der Waals surface area (Å²) in [4.78, 5) is 4.86. The monoisotopic (exact) mass is 412 g/mol. The van der Waals surface area contributed by atoms with Crippen LogP contribution < -0.4 is 5.73 Å². The standard InChI is InChI=1S/C21H20N10/c1-29-11-15(10-26-29)17-13-30-18(3-7-25-30)19(27-17)16-12-31(28-20(16)24)21(4-6-23)8-14(9-21)2-5-22/h3,7,10-14H,2,4,8-9H2,1H3,(H2,24,28)/t14-,21+. The van der Waals surface area contributed by atoms with Gasteiger partial charge in [0.1, 0.15) is 5.69 Å². The molecule has 4 aromatic heterocycles. The lowest BCUT2D eigenvalue weighted by molar-refractivity contribution is 0.0602. The molecular formula is C21H20N10. The van der Waals surface area contributed by atoms with E-state index >= 15 is 0 Å². The van der Waals surface area contributed by atoms with Crippen LogP contribution in [0.1, 0.15) is 25.7 Å². The van der Waals surface area contributed by atoms with Crippen molar-refractivity contribution in [3.8, 4) is 34.7 Å². The molecule has 0 unspecified atom stereocenters. The first-order chi connectivity index (χ1) is 15.0. The Morgan fingerprint density at radius 1 is 1.19 bits per heavy atom. The highest BCUT2D eigenvalue weighted by Crippen LogP contribution is 2.48. The topological polar surface area (TPSA) is 139 Å². The Morgan fingerprint density at radius 3 is 2.74 bits per heavy atom. The van der Waals surface area contributed by atoms with Gasteiger partial charge in [0.05, 0.1) is 59.5 Å². The minimum Gasteiger partial charge on any atom is -0.382 e. The van der Waals surface area contributed by atoms with Crippen molar-refractivity contribution < 1.29 is 0 Å². The van der Waals surface area contributed by atoms with Gasteiger partial charge in [-0.15, -0.1) is 0 Å². The lowest BCUT2D eigenvalue weighted by Gasteiger charge is -2.45. The second-order valence-electron chi connectivity index (χ2n) is 8.11. The minimum absolute atomic E-state index is 0.279. The van der Waals surface area contributed by atoms with Crippen LogP contribution in [0, 0.1) is 28.6 Å². The first-order valence-corrected chi connectivity index (χ1v) is 9.96. The van der Waals surface area contributed by atoms with Crippen molar-refractivity contribution in [3.63, 3.8) is 0 Å². The fourth-order valence-corrected chi connectivity index (χ4v) is 4.48. The number of nitrogens with zero attached hydrogens (tertiary/aromatic N) is 9. The van der Waals surface area contributed by atoms with Crippen LogP contribution in [0.25, 0.3) is 28.0 Å². The normalized spacial score (nSPS) is 20.3. The molecule has 0 atom stereocenters. The van der Waals surface area contributed by atoms with Crippen LogP contribution in [0.15, 0.2) is 37.1 Å². The molecule has 1 fully saturated rings. The molecule has 1 aliphatic rings. The number of nitriles is 2. The summed E-state index contributed by atoms with van der Waals surface area (Å²) in [6.07, 6.45) is 11.4. The zero-order valence-electron chi connectivity index (χ0n) is 17.0. The number of anilines is 1. The van der Waals surface area contributed by atoms with Gasteiger partial charge in [0.25, 0.3) is 0 Å². The zero-order valence-corrected chi connectivity index (χ0v) is 17.0. The summed E-state index contributed by atoms with van der Waals surface area (Å²) in [5.74, 6) is 0.626. The molecule has 1 aliphatic carbocycles. The van der Waals surface area contributed by atoms with Crippen molar-refractivity contribution in [2.24, 2.45) is 13.0 Å². The second kappa shape index (κ2) is 6.96. The number of rotatable bonds is 5. The van der Waals surface area contributed by atoms with Crippen molar-refractivity contribution in [2.45, 2.75) is 31.2 Å². The van der Waals surface area contributed by atoms with Crippen LogP contribution in [-0.2, 0) is 12.6 Å². The highest BCUT2D eigenvalue weighted by molar-refractivity contribution is 5.83. The third kappa shape index (κ3) is 3.01. The van der Waals surface area contributed by atoms with Gasteiger partial charge in [-0.3, -0.25) is 9.36 Å². The predicted octanol–water partition coefficient (Wildman–Crippen LogP) is 2.51. The minimum atomic E-state index is -0.430. The van der Waals surface area contributed by atoms with E-state index in [-0.39, 0.29) is 5.92 Å². The van der Waals surface area contributed by atoms with Crippen LogP contribution in [0.3, 0.4) is 0 Å². The van der Waals surface area contributed by atoms with Gasteiger partial charge in [0.15, 0.2) is 5.82 Å². The Balaban J connectivity index is 1.60. The molecule has 1 saturated carbocycles. The quantitative estimate of drug-likeness (QED) is 0.531. The van der Waals surface area contributed by atoms with Gasteiger partial charge in [-0.2, -0.15) is 25.8 Å². The van der Waals surface area contributed by atoms with Gasteiger partial charge < -0.3 is 5.73 Å². The summed E-state index contributed by atoms with van der Waals surface area (Å²) in [5, 5.41) is 31.6. The van der Waals surface area contributed by atoms with E-state index in [0.717, 1.165) is 29.6 Å². The maximum absolute atomic E-state index is 9.40. The maximum Gasteiger partial charge on any atom is 0.155 e. The highest BCUT2D eigenvalue weighted by atomic mass is 15.3. The van der Waals surface area contributed by atoms with Crippen LogP contribution in [-0.4, -0.2) is 34.2 Å². The van der Waals surface area contributed by atoms with Gasteiger partial charge >= 0.3 is 0 Å². The van der Waals surface area contributed by atoms with Crippen molar-refractivity contribution in [1.29, 1.82) is 10.5 Å². The molecule has 154 valence electrons. The molecule has 10 nitrogen and oxygen atoms in total. The fraction of sp³-hybridized carbons (Fsp3) is 0.333. The van der Waals surface area contributed by atoms with Gasteiger partial charge in [-0.1, -0.05) is 0 Å². The van der Waals surface area contributed by atoms with E-state index in [1.165, 1.54) is 0 Å². The smallest absolute Gasteiger partial charge is 0.155 e. The molecule has 0 bridgehead atoms. The lowest BCUT2D eigenvalue weighted by atomic mass is 9.66. The SMILES string of the molecule is Cn1cc(-c2cn3nccc3c(-c3cn([C@]4(CC#N)C[C@H](CC#N)C4)nc3N)n2)cn1. The lowest BCUT2D eigenvalue weighted by Crippen LogP contribution is -2.46. The molecule has 31 heavy (non-hydrogen) atoms. The van der Waals surface area contributed by atoms with Gasteiger partial charge in [0, 0.05) is 31.4 Å². The first kappa shape index (κ1) is 18.8. The van der Waals surface area contributed by atoms with Crippen LogP contribution in [0.4, 0.5) is 5.82 Å². The van der Waals surface area contributed by atoms with Crippen LogP contribution in [0.2, 0.25) is 0 Å². The molecule has 0 aliphatic heterocycles. The summed E-state index contributed by atoms with van der Waals surface area (Å²) in [6, 6.07) is 6.37. The van der Waals surface area contributed by atoms with Crippen molar-refractivity contribution in [1.82, 2.24) is 34.2 Å². The number of nitrogens with two attached hydrogens (primary N) is 1. The molecule has 0 amide bonds. The zero-order chi connectivity index (χ0) is 21.6. The van der Waals surface area contributed by atoms with E-state index in [1.54, 1.807) is 26.3 Å². The molecule has 4 heterocycles. The van der Waals surface area contributed by atoms with Crippen molar-refractivity contribution in [2.75, 3.05) is 5.73 Å². The average Bonchev–Trinajstić information content (AvgIpc) is 3.45. The summed E-state index contributed by atoms with van der Waals surface area (Å²) >= 11 is 0. The summed E-state index contributed by atoms with van der Waals surface area (Å²) in [7, 11) is 1.85. The third-order valence-electron chi connectivity index (χ3n) is 6.00. The maximum atomic E-state index is 9.40. The van der Waals surface area contributed by atoms with Crippen molar-refractivity contribution >= 4 is 11.3 Å². The molecule has 0 aromatic carbocycles. The summed E-state index contributed by atoms with van der Waals surface area (Å²) in [5.41, 5.74) is 9.66. The number of aryl methyl sites for hydroxylation is 1. The van der Waals surface area contributed by atoms with E-state index < -0.39 is 5.54 Å². The number of hydrogen-bond donors (Lipinski definition) is 1.